The molecule has 0 spiro atoms. The Labute approximate surface area is 145 Å². The highest BCUT2D eigenvalue weighted by Crippen LogP contribution is 2.25. The van der Waals surface area contributed by atoms with E-state index in [2.05, 4.69) is 27.3 Å². The molecule has 23 heavy (non-hydrogen) atoms. The van der Waals surface area contributed by atoms with Crippen molar-refractivity contribution in [3.63, 3.8) is 0 Å². The van der Waals surface area contributed by atoms with E-state index in [0.717, 1.165) is 18.8 Å². The Morgan fingerprint density at radius 3 is 2.61 bits per heavy atom. The maximum Gasteiger partial charge on any atom is 0.262 e. The predicted octanol–water partition coefficient (Wildman–Crippen LogP) is 2.76. The minimum atomic E-state index is -0.289. The number of thiocarbonyl (C=S) groups is 1. The molecule has 1 atom stereocenters. The molecule has 0 saturated carbocycles. The van der Waals surface area contributed by atoms with Gasteiger partial charge in [0.25, 0.3) is 5.91 Å². The molecule has 7 heteroatoms. The molecular weight excluding hydrogens is 328 g/mol. The van der Waals surface area contributed by atoms with Crippen molar-refractivity contribution in [2.45, 2.75) is 30.9 Å². The summed E-state index contributed by atoms with van der Waals surface area (Å²) in [5.74, 6) is -0.197. The highest BCUT2D eigenvalue weighted by atomic mass is 32.2. The molecule has 1 aromatic carbocycles. The van der Waals surface area contributed by atoms with Crippen molar-refractivity contribution in [1.29, 1.82) is 0 Å². The van der Waals surface area contributed by atoms with Crippen LogP contribution in [-0.4, -0.2) is 34.4 Å². The second kappa shape index (κ2) is 7.31. The van der Waals surface area contributed by atoms with E-state index < -0.39 is 0 Å². The molecule has 3 rings (SSSR count). The van der Waals surface area contributed by atoms with Crippen LogP contribution in [0.3, 0.4) is 0 Å². The second-order valence-electron chi connectivity index (χ2n) is 5.74. The standard InChI is InChI=1S/C16H20N4OS2/c17-16-19-15(21)13(23-16)10-14(22)18-11-4-6-12(7-5-11)20-8-2-1-3-9-20/h4-7,13H,1-3,8-10H2,(H,18,22)(H2,17,19,21)/t13-/m1/s1. The average Bonchev–Trinajstić information content (AvgIpc) is 2.86. The van der Waals surface area contributed by atoms with Crippen LogP contribution in [0.4, 0.5) is 11.4 Å². The number of amidine groups is 1. The zero-order valence-corrected chi connectivity index (χ0v) is 14.5. The Morgan fingerprint density at radius 1 is 1.30 bits per heavy atom. The van der Waals surface area contributed by atoms with Gasteiger partial charge in [0.15, 0.2) is 5.17 Å². The quantitative estimate of drug-likeness (QED) is 0.816. The molecule has 1 aromatic rings. The van der Waals surface area contributed by atoms with Crippen LogP contribution in [0.25, 0.3) is 0 Å². The number of nitrogens with two attached hydrogens (primary N) is 1. The van der Waals surface area contributed by atoms with Crippen molar-refractivity contribution in [3.05, 3.63) is 24.3 Å². The number of rotatable bonds is 4. The summed E-state index contributed by atoms with van der Waals surface area (Å²) in [6, 6.07) is 8.30. The number of piperidine rings is 1. The first-order valence-corrected chi connectivity index (χ1v) is 9.10. The lowest BCUT2D eigenvalue weighted by atomic mass is 10.1. The lowest BCUT2D eigenvalue weighted by Gasteiger charge is -2.28. The van der Waals surface area contributed by atoms with Gasteiger partial charge in [-0.3, -0.25) is 4.79 Å². The molecule has 1 saturated heterocycles. The third-order valence-corrected chi connectivity index (χ3v) is 5.26. The highest BCUT2D eigenvalue weighted by molar-refractivity contribution is 8.15. The van der Waals surface area contributed by atoms with E-state index in [1.54, 1.807) is 0 Å². The van der Waals surface area contributed by atoms with Crippen molar-refractivity contribution >= 4 is 51.4 Å². The van der Waals surface area contributed by atoms with Gasteiger partial charge in [-0.05, 0) is 43.5 Å². The average molecular weight is 348 g/mol. The zero-order valence-electron chi connectivity index (χ0n) is 12.8. The summed E-state index contributed by atoms with van der Waals surface area (Å²) in [6.07, 6.45) is 4.32. The van der Waals surface area contributed by atoms with Gasteiger partial charge >= 0.3 is 0 Å². The van der Waals surface area contributed by atoms with E-state index >= 15 is 0 Å². The maximum absolute atomic E-state index is 11.6. The first kappa shape index (κ1) is 16.3. The van der Waals surface area contributed by atoms with Crippen LogP contribution in [0, 0.1) is 0 Å². The fourth-order valence-corrected chi connectivity index (χ4v) is 4.05. The molecule has 3 N–H and O–H groups in total. The number of carbonyl (C=O) groups excluding carboxylic acids is 1. The summed E-state index contributed by atoms with van der Waals surface area (Å²) >= 11 is 6.62. The minimum absolute atomic E-state index is 0.197. The van der Waals surface area contributed by atoms with Crippen LogP contribution in [-0.2, 0) is 4.79 Å². The summed E-state index contributed by atoms with van der Waals surface area (Å²) < 4.78 is 0. The number of amides is 1. The van der Waals surface area contributed by atoms with Gasteiger partial charge in [0.2, 0.25) is 0 Å². The van der Waals surface area contributed by atoms with E-state index in [9.17, 15) is 4.79 Å². The van der Waals surface area contributed by atoms with Crippen molar-refractivity contribution in [2.75, 3.05) is 23.3 Å². The molecular formula is C16H20N4OS2. The molecule has 0 aromatic heterocycles. The first-order chi connectivity index (χ1) is 11.1. The fourth-order valence-electron chi connectivity index (χ4n) is 2.82. The predicted molar refractivity (Wildman–Crippen MR) is 101 cm³/mol. The number of hydrogen-bond acceptors (Lipinski definition) is 5. The number of benzene rings is 1. The third kappa shape index (κ3) is 4.23. The number of nitrogens with one attached hydrogen (secondary N) is 1. The van der Waals surface area contributed by atoms with E-state index in [1.165, 1.54) is 36.7 Å². The number of thioether (sulfide) groups is 1. The molecule has 122 valence electrons. The minimum Gasteiger partial charge on any atom is -0.378 e. The van der Waals surface area contributed by atoms with Crippen LogP contribution in [0.15, 0.2) is 29.3 Å². The van der Waals surface area contributed by atoms with Crippen molar-refractivity contribution < 1.29 is 4.79 Å². The van der Waals surface area contributed by atoms with Gasteiger partial charge in [-0.1, -0.05) is 24.0 Å². The fraction of sp³-hybridized carbons (Fsp3) is 0.438. The van der Waals surface area contributed by atoms with Crippen molar-refractivity contribution in [2.24, 2.45) is 10.7 Å². The topological polar surface area (TPSA) is 70.7 Å². The number of hydrogen-bond donors (Lipinski definition) is 2. The van der Waals surface area contributed by atoms with Gasteiger partial charge in [-0.2, -0.15) is 4.99 Å². The summed E-state index contributed by atoms with van der Waals surface area (Å²) in [5, 5.41) is 3.23. The van der Waals surface area contributed by atoms with Gasteiger partial charge in [0.1, 0.15) is 0 Å². The third-order valence-electron chi connectivity index (χ3n) is 4.00. The van der Waals surface area contributed by atoms with E-state index in [0.29, 0.717) is 16.6 Å². The van der Waals surface area contributed by atoms with E-state index in [-0.39, 0.29) is 11.2 Å². The molecule has 1 amide bonds. The molecule has 0 aliphatic carbocycles. The van der Waals surface area contributed by atoms with Crippen LogP contribution in [0.1, 0.15) is 25.7 Å². The summed E-state index contributed by atoms with van der Waals surface area (Å²) in [5.41, 5.74) is 7.75. The van der Waals surface area contributed by atoms with E-state index in [4.69, 9.17) is 18.0 Å². The lowest BCUT2D eigenvalue weighted by Crippen LogP contribution is -2.29. The van der Waals surface area contributed by atoms with Gasteiger partial charge in [-0.25, -0.2) is 0 Å². The van der Waals surface area contributed by atoms with Crippen LogP contribution in [0.2, 0.25) is 0 Å². The zero-order chi connectivity index (χ0) is 16.2. The number of carbonyl (C=O) groups is 1. The Morgan fingerprint density at radius 2 is 2.00 bits per heavy atom. The van der Waals surface area contributed by atoms with Gasteiger partial charge in [0, 0.05) is 30.9 Å². The van der Waals surface area contributed by atoms with Crippen molar-refractivity contribution in [3.8, 4) is 0 Å². The normalized spacial score (nSPS) is 21.2. The molecule has 1 fully saturated rings. The molecule has 0 unspecified atom stereocenters. The maximum atomic E-state index is 11.6. The van der Waals surface area contributed by atoms with Gasteiger partial charge in [-0.15, -0.1) is 0 Å². The Balaban J connectivity index is 1.53. The molecule has 5 nitrogen and oxygen atoms in total. The summed E-state index contributed by atoms with van der Waals surface area (Å²) in [6.45, 7) is 2.27. The molecule has 0 bridgehead atoms. The Kier molecular flexibility index (Phi) is 5.17. The number of anilines is 2. The highest BCUT2D eigenvalue weighted by Gasteiger charge is 2.27. The van der Waals surface area contributed by atoms with Crippen LogP contribution < -0.4 is 16.0 Å². The van der Waals surface area contributed by atoms with Gasteiger partial charge in [0.05, 0.1) is 10.2 Å². The molecule has 2 heterocycles. The summed E-state index contributed by atoms with van der Waals surface area (Å²) in [7, 11) is 0. The lowest BCUT2D eigenvalue weighted by molar-refractivity contribution is -0.116. The number of nitrogens with zero attached hydrogens (tertiary/aromatic N) is 2. The smallest absolute Gasteiger partial charge is 0.262 e. The van der Waals surface area contributed by atoms with Crippen LogP contribution in [0.5, 0.6) is 0 Å². The van der Waals surface area contributed by atoms with E-state index in [1.807, 2.05) is 12.1 Å². The summed E-state index contributed by atoms with van der Waals surface area (Å²) in [4.78, 5) is 18.4. The second-order valence-corrected chi connectivity index (χ2v) is 7.46. The molecule has 2 aliphatic heterocycles. The molecule has 0 radical (unpaired) electrons. The largest absolute Gasteiger partial charge is 0.378 e. The Hall–Kier alpha value is -1.60. The van der Waals surface area contributed by atoms with Crippen molar-refractivity contribution in [1.82, 2.24) is 0 Å². The number of aliphatic imine (C=N–C) groups is 1. The van der Waals surface area contributed by atoms with Crippen LogP contribution >= 0.6 is 24.0 Å². The monoisotopic (exact) mass is 348 g/mol. The Bertz CT molecular complexity index is 623. The van der Waals surface area contributed by atoms with Gasteiger partial charge < -0.3 is 16.0 Å². The SMILES string of the molecule is NC1=NC(=O)[C@@H](CC(=S)Nc2ccc(N3CCCCC3)cc2)S1. The molecule has 2 aliphatic rings. The first-order valence-electron chi connectivity index (χ1n) is 7.81.